The van der Waals surface area contributed by atoms with Gasteiger partial charge in [0.05, 0.1) is 16.2 Å². The number of carbonyl (C=O) groups excluding carboxylic acids is 1. The zero-order valence-corrected chi connectivity index (χ0v) is 15.6. The number of benzene rings is 1. The van der Waals surface area contributed by atoms with E-state index in [1.165, 1.54) is 11.8 Å². The van der Waals surface area contributed by atoms with Crippen molar-refractivity contribution in [1.82, 2.24) is 4.98 Å². The maximum absolute atomic E-state index is 12.1. The Morgan fingerprint density at radius 1 is 1.19 bits per heavy atom. The molecule has 0 saturated carbocycles. The first kappa shape index (κ1) is 17.3. The lowest BCUT2D eigenvalue weighted by Gasteiger charge is -2.27. The smallest absolute Gasteiger partial charge is 0.339 e. The van der Waals surface area contributed by atoms with Crippen molar-refractivity contribution in [1.29, 1.82) is 0 Å². The van der Waals surface area contributed by atoms with Gasteiger partial charge in [-0.2, -0.15) is 0 Å². The fourth-order valence-corrected chi connectivity index (χ4v) is 5.25. The molecule has 2 aliphatic rings. The van der Waals surface area contributed by atoms with Crippen LogP contribution in [0.25, 0.3) is 0 Å². The topological polar surface area (TPSA) is 57.7 Å². The van der Waals surface area contributed by atoms with E-state index in [1.54, 1.807) is 41.9 Å². The fraction of sp³-hybridized carbons (Fsp3) is 0.263. The number of ether oxygens (including phenoxy) is 3. The second kappa shape index (κ2) is 7.63. The van der Waals surface area contributed by atoms with E-state index in [-0.39, 0.29) is 16.8 Å². The zero-order valence-electron chi connectivity index (χ0n) is 13.9. The zero-order chi connectivity index (χ0) is 17.8. The minimum atomic E-state index is -0.336. The number of nitrogens with zero attached hydrogens (tertiary/aromatic N) is 1. The van der Waals surface area contributed by atoms with Crippen molar-refractivity contribution in [3.05, 3.63) is 64.7 Å². The van der Waals surface area contributed by atoms with Crippen LogP contribution in [0.2, 0.25) is 0 Å². The highest BCUT2D eigenvalue weighted by Crippen LogP contribution is 2.50. The first-order valence-electron chi connectivity index (χ1n) is 8.20. The lowest BCUT2D eigenvalue weighted by molar-refractivity contribution is 0.0497. The third-order valence-corrected chi connectivity index (χ3v) is 6.99. The van der Waals surface area contributed by atoms with Crippen LogP contribution in [0.1, 0.15) is 22.3 Å². The normalized spacial score (nSPS) is 16.6. The Labute approximate surface area is 160 Å². The van der Waals surface area contributed by atoms with Gasteiger partial charge in [0.25, 0.3) is 0 Å². The molecule has 0 spiro atoms. The summed E-state index contributed by atoms with van der Waals surface area (Å²) in [6.07, 6.45) is 4.74. The molecule has 0 unspecified atom stereocenters. The molecular weight excluding hydrogens is 370 g/mol. The fourth-order valence-electron chi connectivity index (χ4n) is 2.85. The first-order valence-corrected chi connectivity index (χ1v) is 9.96. The molecule has 0 saturated heterocycles. The maximum atomic E-state index is 12.1. The van der Waals surface area contributed by atoms with E-state index in [4.69, 9.17) is 14.2 Å². The minimum absolute atomic E-state index is 0.0804. The monoisotopic (exact) mass is 387 g/mol. The summed E-state index contributed by atoms with van der Waals surface area (Å²) in [6, 6.07) is 9.48. The van der Waals surface area contributed by atoms with Gasteiger partial charge in [0.1, 0.15) is 0 Å². The lowest BCUT2D eigenvalue weighted by atomic mass is 10.1. The summed E-state index contributed by atoms with van der Waals surface area (Å²) in [4.78, 5) is 16.0. The number of hydrogen-bond donors (Lipinski definition) is 0. The van der Waals surface area contributed by atoms with Gasteiger partial charge in [0.15, 0.2) is 11.5 Å². The van der Waals surface area contributed by atoms with Crippen molar-refractivity contribution < 1.29 is 19.0 Å². The van der Waals surface area contributed by atoms with Crippen LogP contribution in [0.3, 0.4) is 0 Å². The summed E-state index contributed by atoms with van der Waals surface area (Å²) in [7, 11) is 0. The molecule has 1 aromatic carbocycles. The Kier molecular flexibility index (Phi) is 5.08. The average Bonchev–Trinajstić information content (AvgIpc) is 3.32. The van der Waals surface area contributed by atoms with Crippen molar-refractivity contribution in [2.45, 2.75) is 16.9 Å². The van der Waals surface area contributed by atoms with Gasteiger partial charge in [0.2, 0.25) is 6.79 Å². The van der Waals surface area contributed by atoms with Gasteiger partial charge < -0.3 is 14.2 Å². The van der Waals surface area contributed by atoms with E-state index in [1.807, 2.05) is 12.1 Å². The van der Waals surface area contributed by atoms with Crippen LogP contribution in [0.4, 0.5) is 0 Å². The van der Waals surface area contributed by atoms with Crippen LogP contribution in [0.15, 0.2) is 53.5 Å². The molecule has 4 rings (SSSR count). The number of esters is 1. The number of rotatable bonds is 6. The molecule has 26 heavy (non-hydrogen) atoms. The van der Waals surface area contributed by atoms with E-state index in [0.29, 0.717) is 12.2 Å². The van der Waals surface area contributed by atoms with E-state index in [0.717, 1.165) is 24.3 Å². The summed E-state index contributed by atoms with van der Waals surface area (Å²) in [5.41, 5.74) is 1.65. The minimum Gasteiger partial charge on any atom is -0.462 e. The van der Waals surface area contributed by atoms with Crippen LogP contribution in [-0.2, 0) is 11.2 Å². The summed E-state index contributed by atoms with van der Waals surface area (Å²) < 4.78 is 16.2. The molecule has 7 heteroatoms. The van der Waals surface area contributed by atoms with E-state index in [2.05, 4.69) is 21.9 Å². The molecule has 0 radical (unpaired) electrons. The van der Waals surface area contributed by atoms with Crippen LogP contribution in [0, 0.1) is 0 Å². The number of pyridine rings is 1. The molecule has 2 aromatic rings. The molecule has 0 atom stereocenters. The predicted octanol–water partition coefficient (Wildman–Crippen LogP) is 4.25. The van der Waals surface area contributed by atoms with Crippen molar-refractivity contribution in [2.75, 3.05) is 13.4 Å². The molecular formula is C19H17NO4S2. The van der Waals surface area contributed by atoms with Crippen molar-refractivity contribution >= 4 is 29.5 Å². The van der Waals surface area contributed by atoms with Gasteiger partial charge in [-0.05, 0) is 47.1 Å². The summed E-state index contributed by atoms with van der Waals surface area (Å²) >= 11 is 3.54. The summed E-state index contributed by atoms with van der Waals surface area (Å²) in [6.45, 7) is 0.638. The predicted molar refractivity (Wildman–Crippen MR) is 102 cm³/mol. The quantitative estimate of drug-likeness (QED) is 0.687. The van der Waals surface area contributed by atoms with Gasteiger partial charge in [-0.15, -0.1) is 23.5 Å². The number of hydrogen-bond acceptors (Lipinski definition) is 7. The summed E-state index contributed by atoms with van der Waals surface area (Å²) in [5, 5.41) is 4.20. The van der Waals surface area contributed by atoms with Gasteiger partial charge in [-0.1, -0.05) is 6.07 Å². The third kappa shape index (κ3) is 3.83. The molecule has 134 valence electrons. The Balaban J connectivity index is 1.38. The Morgan fingerprint density at radius 3 is 2.85 bits per heavy atom. The first-order chi connectivity index (χ1) is 12.7. The molecule has 0 fully saturated rings. The molecule has 0 aliphatic carbocycles. The Morgan fingerprint density at radius 2 is 2.04 bits per heavy atom. The van der Waals surface area contributed by atoms with Crippen molar-refractivity contribution in [3.8, 4) is 11.5 Å². The number of aromatic nitrogens is 1. The van der Waals surface area contributed by atoms with Gasteiger partial charge in [-0.3, -0.25) is 4.98 Å². The average molecular weight is 387 g/mol. The van der Waals surface area contributed by atoms with E-state index < -0.39 is 0 Å². The molecule has 0 amide bonds. The molecule has 5 nitrogen and oxygen atoms in total. The highest BCUT2D eigenvalue weighted by molar-refractivity contribution is 8.23. The third-order valence-electron chi connectivity index (χ3n) is 4.14. The highest BCUT2D eigenvalue weighted by Gasteiger charge is 2.34. The van der Waals surface area contributed by atoms with Crippen LogP contribution in [-0.4, -0.2) is 28.4 Å². The molecule has 0 bridgehead atoms. The molecule has 1 aromatic heterocycles. The van der Waals surface area contributed by atoms with Gasteiger partial charge >= 0.3 is 5.97 Å². The maximum Gasteiger partial charge on any atom is 0.339 e. The molecule has 0 N–H and O–H groups in total. The van der Waals surface area contributed by atoms with E-state index in [9.17, 15) is 4.79 Å². The second-order valence-electron chi connectivity index (χ2n) is 5.91. The second-order valence-corrected chi connectivity index (χ2v) is 8.75. The van der Waals surface area contributed by atoms with Crippen molar-refractivity contribution in [3.63, 3.8) is 0 Å². The van der Waals surface area contributed by atoms with Crippen molar-refractivity contribution in [2.24, 2.45) is 0 Å². The Hall–Kier alpha value is -2.12. The van der Waals surface area contributed by atoms with Gasteiger partial charge in [-0.25, -0.2) is 4.79 Å². The highest BCUT2D eigenvalue weighted by atomic mass is 32.2. The SMILES string of the molecule is O=C(OCCC1(Cc2ccc3c(c2)OCO3)SC=CS1)c1cccnc1. The van der Waals surface area contributed by atoms with Crippen LogP contribution >= 0.6 is 23.5 Å². The largest absolute Gasteiger partial charge is 0.462 e. The molecule has 2 aliphatic heterocycles. The van der Waals surface area contributed by atoms with Crippen LogP contribution < -0.4 is 9.47 Å². The number of fused-ring (bicyclic) bond motifs is 1. The lowest BCUT2D eigenvalue weighted by Crippen LogP contribution is -2.24. The summed E-state index contributed by atoms with van der Waals surface area (Å²) in [5.74, 6) is 1.25. The molecule has 3 heterocycles. The standard InChI is InChI=1S/C19H17NO4S2/c21-18(15-2-1-6-20-12-15)22-7-5-19(25-8-9-26-19)11-14-3-4-16-17(10-14)24-13-23-16/h1-4,6,8-10,12H,5,7,11,13H2. The number of thioether (sulfide) groups is 2. The number of carbonyl (C=O) groups is 1. The Bertz CT molecular complexity index is 818. The van der Waals surface area contributed by atoms with Gasteiger partial charge in [0, 0.05) is 18.8 Å². The van der Waals surface area contributed by atoms with Crippen LogP contribution in [0.5, 0.6) is 11.5 Å². The van der Waals surface area contributed by atoms with E-state index >= 15 is 0 Å².